The van der Waals surface area contributed by atoms with Crippen LogP contribution < -0.4 is 0 Å². The molecule has 3 heteroatoms. The van der Waals surface area contributed by atoms with Gasteiger partial charge in [-0.05, 0) is 36.5 Å². The fourth-order valence-corrected chi connectivity index (χ4v) is 2.49. The predicted octanol–water partition coefficient (Wildman–Crippen LogP) is 2.81. The third-order valence-electron chi connectivity index (χ3n) is 3.63. The van der Waals surface area contributed by atoms with Gasteiger partial charge in [-0.25, -0.2) is 0 Å². The van der Waals surface area contributed by atoms with Gasteiger partial charge in [0.1, 0.15) is 0 Å². The highest BCUT2D eigenvalue weighted by atomic mass is 16.4. The molecule has 3 nitrogen and oxygen atoms in total. The number of carboxylic acids is 1. The molecule has 1 aliphatic rings. The molecule has 1 aliphatic carbocycles. The molecule has 3 rings (SSSR count). The zero-order valence-electron chi connectivity index (χ0n) is 9.34. The average Bonchev–Trinajstić information content (AvgIpc) is 2.26. The lowest BCUT2D eigenvalue weighted by Gasteiger charge is -2.33. The Hall–Kier alpha value is -1.90. The van der Waals surface area contributed by atoms with Crippen molar-refractivity contribution >= 4 is 16.9 Å². The number of rotatable bonds is 2. The minimum atomic E-state index is -0.686. The largest absolute Gasteiger partial charge is 0.481 e. The third kappa shape index (κ3) is 1.68. The highest BCUT2D eigenvalue weighted by molar-refractivity contribution is 5.79. The van der Waals surface area contributed by atoms with E-state index in [1.807, 2.05) is 30.5 Å². The van der Waals surface area contributed by atoms with E-state index in [0.717, 1.165) is 29.3 Å². The lowest BCUT2D eigenvalue weighted by atomic mass is 9.70. The van der Waals surface area contributed by atoms with Crippen LogP contribution in [-0.2, 0) is 4.79 Å². The van der Waals surface area contributed by atoms with Crippen molar-refractivity contribution in [2.24, 2.45) is 5.92 Å². The van der Waals surface area contributed by atoms with Crippen molar-refractivity contribution in [1.29, 1.82) is 0 Å². The highest BCUT2D eigenvalue weighted by Gasteiger charge is 2.37. The summed E-state index contributed by atoms with van der Waals surface area (Å²) < 4.78 is 0. The van der Waals surface area contributed by atoms with Gasteiger partial charge in [-0.2, -0.15) is 0 Å². The van der Waals surface area contributed by atoms with Crippen LogP contribution in [0.2, 0.25) is 0 Å². The Morgan fingerprint density at radius 2 is 2.12 bits per heavy atom. The van der Waals surface area contributed by atoms with Crippen LogP contribution in [0.25, 0.3) is 10.9 Å². The number of hydrogen-bond acceptors (Lipinski definition) is 2. The maximum absolute atomic E-state index is 11.0. The average molecular weight is 227 g/mol. The number of carbonyl (C=O) groups is 1. The molecule has 1 N–H and O–H groups in total. The third-order valence-corrected chi connectivity index (χ3v) is 3.63. The second-order valence-corrected chi connectivity index (χ2v) is 4.59. The summed E-state index contributed by atoms with van der Waals surface area (Å²) in [6.45, 7) is 0. The number of fused-ring (bicyclic) bond motifs is 1. The Kier molecular flexibility index (Phi) is 2.32. The summed E-state index contributed by atoms with van der Waals surface area (Å²) in [7, 11) is 0. The van der Waals surface area contributed by atoms with E-state index < -0.39 is 5.97 Å². The summed E-state index contributed by atoms with van der Waals surface area (Å²) in [6.07, 6.45) is 3.56. The van der Waals surface area contributed by atoms with Crippen LogP contribution in [0.4, 0.5) is 0 Å². The number of para-hydroxylation sites is 1. The molecule has 2 aromatic rings. The maximum atomic E-state index is 11.0. The van der Waals surface area contributed by atoms with Crippen LogP contribution in [0.5, 0.6) is 0 Å². The summed E-state index contributed by atoms with van der Waals surface area (Å²) in [5.41, 5.74) is 2.02. The molecule has 0 spiro atoms. The monoisotopic (exact) mass is 227 g/mol. The van der Waals surface area contributed by atoms with Crippen molar-refractivity contribution in [2.45, 2.75) is 18.8 Å². The number of benzene rings is 1. The van der Waals surface area contributed by atoms with Crippen molar-refractivity contribution in [1.82, 2.24) is 4.98 Å². The minimum absolute atomic E-state index is 0.143. The summed E-state index contributed by atoms with van der Waals surface area (Å²) in [4.78, 5) is 15.4. The lowest BCUT2D eigenvalue weighted by Crippen LogP contribution is -2.30. The van der Waals surface area contributed by atoms with E-state index in [0.29, 0.717) is 0 Å². The molecule has 2 atom stereocenters. The van der Waals surface area contributed by atoms with E-state index in [4.69, 9.17) is 5.11 Å². The first-order valence-corrected chi connectivity index (χ1v) is 5.83. The number of aromatic nitrogens is 1. The predicted molar refractivity (Wildman–Crippen MR) is 64.8 cm³/mol. The fourth-order valence-electron chi connectivity index (χ4n) is 2.49. The van der Waals surface area contributed by atoms with Gasteiger partial charge < -0.3 is 5.11 Å². The number of pyridine rings is 1. The molecule has 0 bridgehead atoms. The first-order chi connectivity index (χ1) is 8.25. The van der Waals surface area contributed by atoms with Crippen molar-refractivity contribution in [3.63, 3.8) is 0 Å². The summed E-state index contributed by atoms with van der Waals surface area (Å²) in [5.74, 6) is -0.767. The van der Waals surface area contributed by atoms with Crippen molar-refractivity contribution in [2.75, 3.05) is 0 Å². The zero-order chi connectivity index (χ0) is 11.8. The van der Waals surface area contributed by atoms with E-state index >= 15 is 0 Å². The molecule has 86 valence electrons. The van der Waals surface area contributed by atoms with Gasteiger partial charge >= 0.3 is 5.97 Å². The van der Waals surface area contributed by atoms with E-state index in [9.17, 15) is 4.79 Å². The Morgan fingerprint density at radius 1 is 1.29 bits per heavy atom. The first kappa shape index (κ1) is 10.3. The number of nitrogens with zero attached hydrogens (tertiary/aromatic N) is 1. The van der Waals surface area contributed by atoms with Gasteiger partial charge in [0.2, 0.25) is 0 Å². The Bertz CT molecular complexity index is 579. The summed E-state index contributed by atoms with van der Waals surface area (Å²) >= 11 is 0. The number of aliphatic carboxylic acids is 1. The van der Waals surface area contributed by atoms with Crippen molar-refractivity contribution in [3.05, 3.63) is 42.1 Å². The second kappa shape index (κ2) is 3.84. The van der Waals surface area contributed by atoms with Crippen LogP contribution in [0.15, 0.2) is 36.5 Å². The molecule has 0 saturated heterocycles. The molecule has 17 heavy (non-hydrogen) atoms. The molecule has 1 fully saturated rings. The first-order valence-electron chi connectivity index (χ1n) is 5.83. The molecule has 1 heterocycles. The van der Waals surface area contributed by atoms with E-state index in [1.165, 1.54) is 0 Å². The highest BCUT2D eigenvalue weighted by Crippen LogP contribution is 2.42. The Morgan fingerprint density at radius 3 is 2.82 bits per heavy atom. The molecule has 0 amide bonds. The van der Waals surface area contributed by atoms with E-state index in [1.54, 1.807) is 0 Å². The second-order valence-electron chi connectivity index (χ2n) is 4.59. The van der Waals surface area contributed by atoms with Crippen LogP contribution in [0.1, 0.15) is 24.3 Å². The standard InChI is InChI=1S/C14H13NO2/c16-14(17)12-6-5-11(12)10-7-9-3-1-2-4-13(9)15-8-10/h1-4,7-8,11-12H,5-6H2,(H,16,17). The molecular weight excluding hydrogens is 214 g/mol. The van der Waals surface area contributed by atoms with E-state index in [2.05, 4.69) is 11.1 Å². The Labute approximate surface area is 99.1 Å². The van der Waals surface area contributed by atoms with Gasteiger partial charge in [0.25, 0.3) is 0 Å². The van der Waals surface area contributed by atoms with Crippen LogP contribution in [-0.4, -0.2) is 16.1 Å². The minimum Gasteiger partial charge on any atom is -0.481 e. The summed E-state index contributed by atoms with van der Waals surface area (Å²) in [6, 6.07) is 9.98. The van der Waals surface area contributed by atoms with Crippen LogP contribution >= 0.6 is 0 Å². The van der Waals surface area contributed by atoms with Crippen molar-refractivity contribution < 1.29 is 9.90 Å². The smallest absolute Gasteiger partial charge is 0.307 e. The molecular formula is C14H13NO2. The number of carboxylic acid groups (broad SMARTS) is 1. The van der Waals surface area contributed by atoms with Gasteiger partial charge in [-0.1, -0.05) is 18.2 Å². The van der Waals surface area contributed by atoms with E-state index in [-0.39, 0.29) is 11.8 Å². The van der Waals surface area contributed by atoms with Gasteiger partial charge in [0.05, 0.1) is 11.4 Å². The molecule has 1 aromatic carbocycles. The summed E-state index contributed by atoms with van der Waals surface area (Å²) in [5, 5.41) is 10.1. The van der Waals surface area contributed by atoms with Gasteiger partial charge in [0.15, 0.2) is 0 Å². The lowest BCUT2D eigenvalue weighted by molar-refractivity contribution is -0.145. The molecule has 1 aromatic heterocycles. The normalized spacial score (nSPS) is 23.3. The molecule has 1 saturated carbocycles. The van der Waals surface area contributed by atoms with Gasteiger partial charge in [-0.15, -0.1) is 0 Å². The van der Waals surface area contributed by atoms with Crippen LogP contribution in [0, 0.1) is 5.92 Å². The molecule has 0 radical (unpaired) electrons. The molecule has 0 aliphatic heterocycles. The Balaban J connectivity index is 1.98. The van der Waals surface area contributed by atoms with Gasteiger partial charge in [-0.3, -0.25) is 9.78 Å². The quantitative estimate of drug-likeness (QED) is 0.858. The van der Waals surface area contributed by atoms with Crippen molar-refractivity contribution in [3.8, 4) is 0 Å². The molecule has 2 unspecified atom stereocenters. The number of hydrogen-bond donors (Lipinski definition) is 1. The zero-order valence-corrected chi connectivity index (χ0v) is 9.34. The fraction of sp³-hybridized carbons (Fsp3) is 0.286. The van der Waals surface area contributed by atoms with Crippen LogP contribution in [0.3, 0.4) is 0 Å². The topological polar surface area (TPSA) is 50.2 Å². The maximum Gasteiger partial charge on any atom is 0.307 e. The van der Waals surface area contributed by atoms with Gasteiger partial charge in [0, 0.05) is 11.6 Å². The SMILES string of the molecule is O=C(O)C1CCC1c1cnc2ccccc2c1.